The van der Waals surface area contributed by atoms with Gasteiger partial charge in [0.1, 0.15) is 5.82 Å². The van der Waals surface area contributed by atoms with Crippen LogP contribution in [0.2, 0.25) is 0 Å². The second kappa shape index (κ2) is 3.74. The number of hydrogen-bond donors (Lipinski definition) is 1. The molecular weight excluding hydrogens is 206 g/mol. The van der Waals surface area contributed by atoms with Crippen molar-refractivity contribution in [1.29, 1.82) is 0 Å². The molecule has 3 atom stereocenters. The van der Waals surface area contributed by atoms with Gasteiger partial charge >= 0.3 is 0 Å². The molecule has 2 saturated carbocycles. The van der Waals surface area contributed by atoms with Crippen molar-refractivity contribution in [3.05, 3.63) is 5.82 Å². The molecule has 1 aromatic heterocycles. The van der Waals surface area contributed by atoms with Crippen LogP contribution in [0.25, 0.3) is 0 Å². The maximum atomic E-state index is 4.60. The Hall–Kier alpha value is -0.640. The number of fused-ring (bicyclic) bond motifs is 2. The van der Waals surface area contributed by atoms with Crippen LogP contribution >= 0.6 is 11.5 Å². The van der Waals surface area contributed by atoms with Gasteiger partial charge in [-0.15, -0.1) is 0 Å². The minimum atomic E-state index is 0.674. The van der Waals surface area contributed by atoms with Crippen molar-refractivity contribution < 1.29 is 0 Å². The molecule has 3 rings (SSSR count). The quantitative estimate of drug-likeness (QED) is 0.856. The standard InChI is InChI=1S/C11H17N3S/c1-2-12-11-13-10(14-15-11)9-6-7-3-4-8(9)5-7/h7-9H,2-6H2,1H3,(H,12,13,14). The van der Waals surface area contributed by atoms with Crippen molar-refractivity contribution in [2.75, 3.05) is 11.9 Å². The lowest BCUT2D eigenvalue weighted by Gasteiger charge is -2.18. The summed E-state index contributed by atoms with van der Waals surface area (Å²) in [5.41, 5.74) is 0. The summed E-state index contributed by atoms with van der Waals surface area (Å²) in [6.45, 7) is 3.03. The van der Waals surface area contributed by atoms with Crippen LogP contribution in [0.3, 0.4) is 0 Å². The maximum absolute atomic E-state index is 4.60. The molecule has 1 N–H and O–H groups in total. The number of nitrogens with one attached hydrogen (secondary N) is 1. The van der Waals surface area contributed by atoms with Crippen LogP contribution in [0.4, 0.5) is 5.13 Å². The summed E-state index contributed by atoms with van der Waals surface area (Å²) < 4.78 is 4.50. The van der Waals surface area contributed by atoms with Crippen molar-refractivity contribution in [3.63, 3.8) is 0 Å². The molecule has 0 aromatic carbocycles. The molecule has 15 heavy (non-hydrogen) atoms. The fourth-order valence-electron chi connectivity index (χ4n) is 3.17. The van der Waals surface area contributed by atoms with E-state index in [2.05, 4.69) is 21.6 Å². The zero-order chi connectivity index (χ0) is 10.3. The van der Waals surface area contributed by atoms with Crippen molar-refractivity contribution in [3.8, 4) is 0 Å². The van der Waals surface area contributed by atoms with Crippen molar-refractivity contribution in [2.45, 2.75) is 38.5 Å². The Kier molecular flexibility index (Phi) is 2.39. The molecular formula is C11H17N3S. The van der Waals surface area contributed by atoms with Gasteiger partial charge in [-0.2, -0.15) is 4.37 Å². The molecule has 0 aliphatic heterocycles. The van der Waals surface area contributed by atoms with Gasteiger partial charge in [0.15, 0.2) is 0 Å². The van der Waals surface area contributed by atoms with Gasteiger partial charge in [-0.3, -0.25) is 0 Å². The Bertz CT molecular complexity index is 349. The third-order valence-corrected chi connectivity index (χ3v) is 4.53. The van der Waals surface area contributed by atoms with E-state index in [4.69, 9.17) is 0 Å². The fourth-order valence-corrected chi connectivity index (χ4v) is 3.87. The second-order valence-corrected chi connectivity index (χ2v) is 5.52. The first-order valence-electron chi connectivity index (χ1n) is 5.94. The summed E-state index contributed by atoms with van der Waals surface area (Å²) >= 11 is 1.52. The predicted octanol–water partition coefficient (Wildman–Crippen LogP) is 2.87. The number of nitrogens with zero attached hydrogens (tertiary/aromatic N) is 2. The summed E-state index contributed by atoms with van der Waals surface area (Å²) in [4.78, 5) is 4.60. The highest BCUT2D eigenvalue weighted by molar-refractivity contribution is 7.09. The van der Waals surface area contributed by atoms with Crippen molar-refractivity contribution >= 4 is 16.7 Å². The Morgan fingerprint density at radius 2 is 2.33 bits per heavy atom. The van der Waals surface area contributed by atoms with Gasteiger partial charge in [0.05, 0.1) is 0 Å². The van der Waals surface area contributed by atoms with Gasteiger partial charge in [-0.1, -0.05) is 6.42 Å². The van der Waals surface area contributed by atoms with E-state index in [0.29, 0.717) is 5.92 Å². The molecule has 2 aliphatic carbocycles. The number of anilines is 1. The molecule has 2 bridgehead atoms. The molecule has 0 radical (unpaired) electrons. The third-order valence-electron chi connectivity index (χ3n) is 3.84. The third kappa shape index (κ3) is 1.65. The van der Waals surface area contributed by atoms with Gasteiger partial charge in [0, 0.05) is 24.0 Å². The van der Waals surface area contributed by atoms with Crippen LogP contribution in [0, 0.1) is 11.8 Å². The van der Waals surface area contributed by atoms with Crippen molar-refractivity contribution in [1.82, 2.24) is 9.36 Å². The van der Waals surface area contributed by atoms with E-state index in [9.17, 15) is 0 Å². The predicted molar refractivity (Wildman–Crippen MR) is 62.3 cm³/mol. The average Bonchev–Trinajstić information content (AvgIpc) is 2.91. The second-order valence-electron chi connectivity index (χ2n) is 4.77. The number of rotatable bonds is 3. The van der Waals surface area contributed by atoms with E-state index in [-0.39, 0.29) is 0 Å². The fraction of sp³-hybridized carbons (Fsp3) is 0.818. The lowest BCUT2D eigenvalue weighted by molar-refractivity contribution is 0.408. The van der Waals surface area contributed by atoms with Crippen LogP contribution in [0.15, 0.2) is 0 Å². The first kappa shape index (κ1) is 9.58. The van der Waals surface area contributed by atoms with Gasteiger partial charge < -0.3 is 5.32 Å². The lowest BCUT2D eigenvalue weighted by atomic mass is 9.88. The van der Waals surface area contributed by atoms with Gasteiger partial charge in [0.2, 0.25) is 5.13 Å². The molecule has 0 saturated heterocycles. The van der Waals surface area contributed by atoms with Gasteiger partial charge in [0.25, 0.3) is 0 Å². The highest BCUT2D eigenvalue weighted by Crippen LogP contribution is 2.52. The van der Waals surface area contributed by atoms with Gasteiger partial charge in [-0.05, 0) is 38.0 Å². The summed E-state index contributed by atoms with van der Waals surface area (Å²) in [7, 11) is 0. The smallest absolute Gasteiger partial charge is 0.202 e. The average molecular weight is 223 g/mol. The summed E-state index contributed by atoms with van der Waals surface area (Å²) in [6.07, 6.45) is 5.63. The highest BCUT2D eigenvalue weighted by Gasteiger charge is 2.41. The Balaban J connectivity index is 1.75. The van der Waals surface area contributed by atoms with Crippen LogP contribution in [0.1, 0.15) is 44.3 Å². The lowest BCUT2D eigenvalue weighted by Crippen LogP contribution is -2.10. The maximum Gasteiger partial charge on any atom is 0.202 e. The van der Waals surface area contributed by atoms with Crippen LogP contribution in [-0.4, -0.2) is 15.9 Å². The molecule has 4 heteroatoms. The molecule has 1 aromatic rings. The van der Waals surface area contributed by atoms with E-state index >= 15 is 0 Å². The molecule has 2 aliphatic rings. The summed E-state index contributed by atoms with van der Waals surface area (Å²) in [5, 5.41) is 4.24. The van der Waals surface area contributed by atoms with Crippen LogP contribution in [-0.2, 0) is 0 Å². The zero-order valence-electron chi connectivity index (χ0n) is 9.07. The Morgan fingerprint density at radius 1 is 1.40 bits per heavy atom. The number of hydrogen-bond acceptors (Lipinski definition) is 4. The summed E-state index contributed by atoms with van der Waals surface area (Å²) in [6, 6.07) is 0. The van der Waals surface area contributed by atoms with E-state index in [0.717, 1.165) is 29.3 Å². The van der Waals surface area contributed by atoms with E-state index < -0.39 is 0 Å². The minimum Gasteiger partial charge on any atom is -0.361 e. The van der Waals surface area contributed by atoms with E-state index in [1.54, 1.807) is 0 Å². The Labute approximate surface area is 94.5 Å². The van der Waals surface area contributed by atoms with E-state index in [1.807, 2.05) is 0 Å². The van der Waals surface area contributed by atoms with Crippen molar-refractivity contribution in [2.24, 2.45) is 11.8 Å². The van der Waals surface area contributed by atoms with Crippen LogP contribution < -0.4 is 5.32 Å². The zero-order valence-corrected chi connectivity index (χ0v) is 9.89. The monoisotopic (exact) mass is 223 g/mol. The normalized spacial score (nSPS) is 33.5. The van der Waals surface area contributed by atoms with Gasteiger partial charge in [-0.25, -0.2) is 4.98 Å². The largest absolute Gasteiger partial charge is 0.361 e. The molecule has 1 heterocycles. The van der Waals surface area contributed by atoms with E-state index in [1.165, 1.54) is 37.2 Å². The SMILES string of the molecule is CCNc1nc(C2CC3CCC2C3)ns1. The molecule has 0 spiro atoms. The molecule has 0 amide bonds. The highest BCUT2D eigenvalue weighted by atomic mass is 32.1. The first-order valence-corrected chi connectivity index (χ1v) is 6.71. The molecule has 2 fully saturated rings. The molecule has 82 valence electrons. The number of aromatic nitrogens is 2. The summed E-state index contributed by atoms with van der Waals surface area (Å²) in [5.74, 6) is 3.65. The minimum absolute atomic E-state index is 0.674. The molecule has 3 nitrogen and oxygen atoms in total. The Morgan fingerprint density at radius 3 is 3.00 bits per heavy atom. The van der Waals surface area contributed by atoms with Crippen LogP contribution in [0.5, 0.6) is 0 Å². The topological polar surface area (TPSA) is 37.8 Å². The molecule has 3 unspecified atom stereocenters. The first-order chi connectivity index (χ1) is 7.36.